The van der Waals surface area contributed by atoms with Crippen molar-refractivity contribution >= 4 is 6.03 Å². The van der Waals surface area contributed by atoms with E-state index >= 15 is 0 Å². The molecule has 0 aromatic carbocycles. The minimum atomic E-state index is 0.0243. The summed E-state index contributed by atoms with van der Waals surface area (Å²) in [4.78, 5) is 18.5. The predicted octanol–water partition coefficient (Wildman–Crippen LogP) is 1.29. The fourth-order valence-electron chi connectivity index (χ4n) is 3.46. The fraction of sp³-hybridized carbons (Fsp3) is 0.471. The lowest BCUT2D eigenvalue weighted by Crippen LogP contribution is -2.51. The number of aromatic amines is 1. The minimum Gasteiger partial charge on any atom is -0.334 e. The van der Waals surface area contributed by atoms with Crippen LogP contribution in [0, 0.1) is 0 Å². The van der Waals surface area contributed by atoms with E-state index < -0.39 is 0 Å². The van der Waals surface area contributed by atoms with Crippen molar-refractivity contribution < 1.29 is 4.79 Å². The fourth-order valence-corrected chi connectivity index (χ4v) is 3.46. The van der Waals surface area contributed by atoms with E-state index in [1.165, 1.54) is 0 Å². The van der Waals surface area contributed by atoms with Gasteiger partial charge in [0, 0.05) is 54.8 Å². The Labute approximate surface area is 140 Å². The Balaban J connectivity index is 1.49. The van der Waals surface area contributed by atoms with Gasteiger partial charge in [0.1, 0.15) is 0 Å². The van der Waals surface area contributed by atoms with Crippen molar-refractivity contribution in [3.63, 3.8) is 0 Å². The van der Waals surface area contributed by atoms with Gasteiger partial charge in [0.25, 0.3) is 0 Å². The van der Waals surface area contributed by atoms with Crippen LogP contribution in [0.5, 0.6) is 0 Å². The monoisotopic (exact) mass is 326 g/mol. The third-order valence-electron chi connectivity index (χ3n) is 4.80. The van der Waals surface area contributed by atoms with Crippen molar-refractivity contribution in [2.24, 2.45) is 0 Å². The third kappa shape index (κ3) is 2.99. The number of nitrogens with zero attached hydrogens (tertiary/aromatic N) is 3. The lowest BCUT2D eigenvalue weighted by molar-refractivity contribution is 0.185. The number of carbonyl (C=O) groups is 1. The molecule has 1 atom stereocenters. The molecule has 126 valence electrons. The molecule has 2 aromatic rings. The molecule has 4 rings (SSSR count). The number of carbonyl (C=O) groups excluding carboxylic acids is 1. The van der Waals surface area contributed by atoms with E-state index in [1.54, 1.807) is 12.4 Å². The molecular weight excluding hydrogens is 304 g/mol. The summed E-state index contributed by atoms with van der Waals surface area (Å²) in [6.45, 7) is 3.22. The van der Waals surface area contributed by atoms with Gasteiger partial charge in [-0.05, 0) is 31.5 Å². The van der Waals surface area contributed by atoms with Crippen molar-refractivity contribution in [2.75, 3.05) is 19.6 Å². The number of amides is 2. The first-order valence-corrected chi connectivity index (χ1v) is 8.54. The number of H-pyrrole nitrogens is 1. The number of hydrogen-bond acceptors (Lipinski definition) is 4. The van der Waals surface area contributed by atoms with Gasteiger partial charge in [-0.1, -0.05) is 0 Å². The molecule has 0 bridgehead atoms. The summed E-state index contributed by atoms with van der Waals surface area (Å²) in [6.07, 6.45) is 6.50. The van der Waals surface area contributed by atoms with Crippen LogP contribution in [0.25, 0.3) is 11.3 Å². The van der Waals surface area contributed by atoms with Gasteiger partial charge < -0.3 is 15.5 Å². The van der Waals surface area contributed by atoms with E-state index in [1.807, 2.05) is 17.0 Å². The van der Waals surface area contributed by atoms with Crippen LogP contribution in [0.4, 0.5) is 4.79 Å². The number of piperidine rings is 1. The summed E-state index contributed by atoms with van der Waals surface area (Å²) >= 11 is 0. The van der Waals surface area contributed by atoms with Crippen molar-refractivity contribution in [3.8, 4) is 11.3 Å². The minimum absolute atomic E-state index is 0.0243. The van der Waals surface area contributed by atoms with Crippen LogP contribution in [-0.2, 0) is 13.0 Å². The number of pyridine rings is 1. The average molecular weight is 326 g/mol. The zero-order chi connectivity index (χ0) is 16.4. The largest absolute Gasteiger partial charge is 0.334 e. The number of hydrogen-bond donors (Lipinski definition) is 3. The highest BCUT2D eigenvalue weighted by molar-refractivity contribution is 5.75. The smallest absolute Gasteiger partial charge is 0.317 e. The van der Waals surface area contributed by atoms with Gasteiger partial charge in [-0.2, -0.15) is 5.10 Å². The predicted molar refractivity (Wildman–Crippen MR) is 90.4 cm³/mol. The first-order chi connectivity index (χ1) is 11.8. The highest BCUT2D eigenvalue weighted by atomic mass is 16.2. The van der Waals surface area contributed by atoms with Gasteiger partial charge in [-0.25, -0.2) is 4.79 Å². The molecule has 2 amide bonds. The van der Waals surface area contributed by atoms with Gasteiger partial charge in [0.05, 0.1) is 12.2 Å². The third-order valence-corrected chi connectivity index (χ3v) is 4.80. The van der Waals surface area contributed by atoms with E-state index in [2.05, 4.69) is 25.8 Å². The normalized spacial score (nSPS) is 20.5. The number of fused-ring (bicyclic) bond motifs is 1. The highest BCUT2D eigenvalue weighted by Crippen LogP contribution is 2.27. The van der Waals surface area contributed by atoms with E-state index in [4.69, 9.17) is 0 Å². The molecule has 7 nitrogen and oxygen atoms in total. The molecule has 2 aliphatic heterocycles. The molecule has 2 aromatic heterocycles. The molecule has 0 radical (unpaired) electrons. The molecule has 24 heavy (non-hydrogen) atoms. The van der Waals surface area contributed by atoms with Gasteiger partial charge >= 0.3 is 6.03 Å². The topological polar surface area (TPSA) is 85.9 Å². The molecular formula is C17H22N6O. The van der Waals surface area contributed by atoms with E-state index in [9.17, 15) is 4.79 Å². The van der Waals surface area contributed by atoms with Crippen LogP contribution in [-0.4, -0.2) is 51.8 Å². The Hall–Kier alpha value is -2.41. The Kier molecular flexibility index (Phi) is 4.17. The van der Waals surface area contributed by atoms with Crippen molar-refractivity contribution in [3.05, 3.63) is 35.8 Å². The maximum atomic E-state index is 12.6. The summed E-state index contributed by atoms with van der Waals surface area (Å²) in [7, 11) is 0. The second-order valence-electron chi connectivity index (χ2n) is 6.43. The molecule has 0 aliphatic carbocycles. The van der Waals surface area contributed by atoms with Crippen LogP contribution < -0.4 is 10.6 Å². The average Bonchev–Trinajstić information content (AvgIpc) is 3.06. The summed E-state index contributed by atoms with van der Waals surface area (Å²) in [5, 5.41) is 14.1. The lowest BCUT2D eigenvalue weighted by atomic mass is 10.0. The number of rotatable bonds is 2. The molecule has 3 N–H and O–H groups in total. The van der Waals surface area contributed by atoms with Crippen molar-refractivity contribution in [1.82, 2.24) is 30.7 Å². The van der Waals surface area contributed by atoms with Crippen LogP contribution in [0.15, 0.2) is 24.5 Å². The van der Waals surface area contributed by atoms with Crippen LogP contribution in [0.3, 0.4) is 0 Å². The van der Waals surface area contributed by atoms with Gasteiger partial charge in [0.15, 0.2) is 0 Å². The quantitative estimate of drug-likeness (QED) is 0.776. The maximum absolute atomic E-state index is 12.6. The molecule has 2 aliphatic rings. The lowest BCUT2D eigenvalue weighted by Gasteiger charge is -2.31. The number of nitrogens with one attached hydrogen (secondary N) is 3. The Morgan fingerprint density at radius 1 is 1.33 bits per heavy atom. The summed E-state index contributed by atoms with van der Waals surface area (Å²) < 4.78 is 0. The summed E-state index contributed by atoms with van der Waals surface area (Å²) in [5.74, 6) is 0. The van der Waals surface area contributed by atoms with Crippen LogP contribution in [0.2, 0.25) is 0 Å². The zero-order valence-corrected chi connectivity index (χ0v) is 13.6. The summed E-state index contributed by atoms with van der Waals surface area (Å²) in [6, 6.07) is 4.15. The second-order valence-corrected chi connectivity index (χ2v) is 6.43. The second kappa shape index (κ2) is 6.60. The Morgan fingerprint density at radius 2 is 2.21 bits per heavy atom. The van der Waals surface area contributed by atoms with E-state index in [0.717, 1.165) is 61.4 Å². The molecule has 0 spiro atoms. The molecule has 0 unspecified atom stereocenters. The van der Waals surface area contributed by atoms with Crippen LogP contribution >= 0.6 is 0 Å². The first-order valence-electron chi connectivity index (χ1n) is 8.54. The zero-order valence-electron chi connectivity index (χ0n) is 13.6. The Morgan fingerprint density at radius 3 is 3.00 bits per heavy atom. The number of urea groups is 1. The molecule has 0 saturated carbocycles. The van der Waals surface area contributed by atoms with E-state index in [0.29, 0.717) is 6.54 Å². The van der Waals surface area contributed by atoms with Gasteiger partial charge in [-0.15, -0.1) is 0 Å². The van der Waals surface area contributed by atoms with Gasteiger partial charge in [0.2, 0.25) is 0 Å². The van der Waals surface area contributed by atoms with Crippen molar-refractivity contribution in [1.29, 1.82) is 0 Å². The standard InChI is InChI=1S/C17H22N6O/c24-17(20-13-2-1-6-19-10-13)23-9-5-15-14(11-23)16(22-21-15)12-3-7-18-8-4-12/h3-4,7-8,13,19H,1-2,5-6,9-11H2,(H,20,24)(H,21,22)/t13-/m1/s1. The molecule has 1 saturated heterocycles. The Bertz CT molecular complexity index is 707. The molecule has 7 heteroatoms. The van der Waals surface area contributed by atoms with Crippen LogP contribution in [0.1, 0.15) is 24.1 Å². The SMILES string of the molecule is O=C(N[C@@H]1CCCNC1)N1CCc2[nH]nc(-c3ccncc3)c2C1. The highest BCUT2D eigenvalue weighted by Gasteiger charge is 2.27. The number of aromatic nitrogens is 3. The maximum Gasteiger partial charge on any atom is 0.317 e. The first kappa shape index (κ1) is 15.1. The molecule has 4 heterocycles. The van der Waals surface area contributed by atoms with Gasteiger partial charge in [-0.3, -0.25) is 10.1 Å². The van der Waals surface area contributed by atoms with Crippen molar-refractivity contribution in [2.45, 2.75) is 31.8 Å². The van der Waals surface area contributed by atoms with E-state index in [-0.39, 0.29) is 12.1 Å². The molecule has 1 fully saturated rings. The summed E-state index contributed by atoms with van der Waals surface area (Å²) in [5.41, 5.74) is 4.19.